The summed E-state index contributed by atoms with van der Waals surface area (Å²) in [5, 5.41) is 21.4. The van der Waals surface area contributed by atoms with Gasteiger partial charge in [-0.3, -0.25) is 5.10 Å². The van der Waals surface area contributed by atoms with Gasteiger partial charge in [-0.25, -0.2) is 4.98 Å². The predicted molar refractivity (Wildman–Crippen MR) is 109 cm³/mol. The normalized spacial score (nSPS) is 15.7. The number of fused-ring (bicyclic) bond motifs is 2. The molecular weight excluding hydrogens is 366 g/mol. The minimum absolute atomic E-state index is 0.151. The SMILES string of the molecule is COc1c(C#N)ccc2c1CCC[C@H]2Nc1ccc2[nH]nc(-c3cnco3)c2c1. The van der Waals surface area contributed by atoms with Crippen molar-refractivity contribution in [3.8, 4) is 23.3 Å². The summed E-state index contributed by atoms with van der Waals surface area (Å²) in [6.45, 7) is 0. The molecule has 0 amide bonds. The fourth-order valence-corrected chi connectivity index (χ4v) is 4.16. The summed E-state index contributed by atoms with van der Waals surface area (Å²) in [5.41, 5.74) is 5.58. The van der Waals surface area contributed by atoms with Crippen molar-refractivity contribution >= 4 is 16.6 Å². The van der Waals surface area contributed by atoms with Gasteiger partial charge >= 0.3 is 0 Å². The molecule has 5 rings (SSSR count). The average molecular weight is 385 g/mol. The maximum Gasteiger partial charge on any atom is 0.181 e. The van der Waals surface area contributed by atoms with E-state index in [1.165, 1.54) is 12.0 Å². The molecule has 29 heavy (non-hydrogen) atoms. The minimum Gasteiger partial charge on any atom is -0.495 e. The van der Waals surface area contributed by atoms with Crippen LogP contribution in [0.15, 0.2) is 47.3 Å². The van der Waals surface area contributed by atoms with Crippen LogP contribution in [0.1, 0.15) is 35.6 Å². The molecule has 0 radical (unpaired) electrons. The predicted octanol–water partition coefficient (Wildman–Crippen LogP) is 4.59. The van der Waals surface area contributed by atoms with Crippen LogP contribution in [0.25, 0.3) is 22.4 Å². The summed E-state index contributed by atoms with van der Waals surface area (Å²) >= 11 is 0. The van der Waals surface area contributed by atoms with E-state index in [-0.39, 0.29) is 6.04 Å². The van der Waals surface area contributed by atoms with Gasteiger partial charge in [0.2, 0.25) is 0 Å². The minimum atomic E-state index is 0.151. The molecule has 4 aromatic rings. The third-order valence-corrected chi connectivity index (χ3v) is 5.49. The van der Waals surface area contributed by atoms with Crippen LogP contribution in [-0.4, -0.2) is 22.3 Å². The Morgan fingerprint density at radius 1 is 1.31 bits per heavy atom. The highest BCUT2D eigenvalue weighted by molar-refractivity contribution is 5.93. The van der Waals surface area contributed by atoms with Crippen molar-refractivity contribution in [3.63, 3.8) is 0 Å². The van der Waals surface area contributed by atoms with Gasteiger partial charge in [0.1, 0.15) is 17.5 Å². The van der Waals surface area contributed by atoms with Gasteiger partial charge < -0.3 is 14.5 Å². The smallest absolute Gasteiger partial charge is 0.181 e. The van der Waals surface area contributed by atoms with Crippen molar-refractivity contribution in [2.24, 2.45) is 0 Å². The summed E-state index contributed by atoms with van der Waals surface area (Å²) < 4.78 is 11.0. The second-order valence-corrected chi connectivity index (χ2v) is 7.11. The first kappa shape index (κ1) is 17.3. The fraction of sp³-hybridized carbons (Fsp3) is 0.227. The summed E-state index contributed by atoms with van der Waals surface area (Å²) in [7, 11) is 1.63. The molecule has 0 saturated heterocycles. The summed E-state index contributed by atoms with van der Waals surface area (Å²) in [6.07, 6.45) is 6.03. The van der Waals surface area contributed by atoms with E-state index in [9.17, 15) is 5.26 Å². The summed E-state index contributed by atoms with van der Waals surface area (Å²) in [5.74, 6) is 1.33. The van der Waals surface area contributed by atoms with Gasteiger partial charge in [0, 0.05) is 16.6 Å². The Hall–Kier alpha value is -3.79. The third kappa shape index (κ3) is 2.90. The van der Waals surface area contributed by atoms with E-state index in [0.717, 1.165) is 47.1 Å². The number of anilines is 1. The lowest BCUT2D eigenvalue weighted by Crippen LogP contribution is -2.18. The molecule has 1 atom stereocenters. The largest absolute Gasteiger partial charge is 0.495 e. The van der Waals surface area contributed by atoms with E-state index < -0.39 is 0 Å². The van der Waals surface area contributed by atoms with Crippen LogP contribution >= 0.6 is 0 Å². The Balaban J connectivity index is 1.51. The third-order valence-electron chi connectivity index (χ3n) is 5.49. The molecule has 0 aliphatic heterocycles. The van der Waals surface area contributed by atoms with Crippen molar-refractivity contribution < 1.29 is 9.15 Å². The zero-order valence-electron chi connectivity index (χ0n) is 15.9. The molecular formula is C22H19N5O2. The number of nitriles is 1. The van der Waals surface area contributed by atoms with E-state index in [1.54, 1.807) is 13.3 Å². The topological polar surface area (TPSA) is 99.8 Å². The molecule has 2 aromatic carbocycles. The van der Waals surface area contributed by atoms with Gasteiger partial charge in [0.25, 0.3) is 0 Å². The summed E-state index contributed by atoms with van der Waals surface area (Å²) in [4.78, 5) is 3.99. The number of rotatable bonds is 4. The lowest BCUT2D eigenvalue weighted by molar-refractivity contribution is 0.403. The molecule has 1 aliphatic rings. The Morgan fingerprint density at radius 2 is 2.24 bits per heavy atom. The Labute approximate surface area is 167 Å². The quantitative estimate of drug-likeness (QED) is 0.533. The van der Waals surface area contributed by atoms with Crippen molar-refractivity contribution in [2.75, 3.05) is 12.4 Å². The van der Waals surface area contributed by atoms with Crippen LogP contribution < -0.4 is 10.1 Å². The number of methoxy groups -OCH3 is 1. The van der Waals surface area contributed by atoms with Crippen LogP contribution in [0, 0.1) is 11.3 Å². The zero-order valence-corrected chi connectivity index (χ0v) is 15.9. The van der Waals surface area contributed by atoms with Crippen molar-refractivity contribution in [3.05, 3.63) is 59.6 Å². The fourth-order valence-electron chi connectivity index (χ4n) is 4.16. The van der Waals surface area contributed by atoms with Gasteiger partial charge in [-0.15, -0.1) is 0 Å². The van der Waals surface area contributed by atoms with Gasteiger partial charge in [-0.2, -0.15) is 10.4 Å². The summed E-state index contributed by atoms with van der Waals surface area (Å²) in [6, 6.07) is 12.4. The van der Waals surface area contributed by atoms with Crippen LogP contribution in [0.3, 0.4) is 0 Å². The molecule has 2 heterocycles. The van der Waals surface area contributed by atoms with Gasteiger partial charge in [-0.05, 0) is 49.1 Å². The van der Waals surface area contributed by atoms with Crippen molar-refractivity contribution in [1.29, 1.82) is 5.26 Å². The second-order valence-electron chi connectivity index (χ2n) is 7.11. The number of nitrogens with zero attached hydrogens (tertiary/aromatic N) is 3. The first-order valence-corrected chi connectivity index (χ1v) is 9.52. The van der Waals surface area contributed by atoms with Crippen LogP contribution in [0.2, 0.25) is 0 Å². The second kappa shape index (κ2) is 6.99. The lowest BCUT2D eigenvalue weighted by atomic mass is 9.85. The molecule has 2 N–H and O–H groups in total. The van der Waals surface area contributed by atoms with Gasteiger partial charge in [0.15, 0.2) is 12.2 Å². The van der Waals surface area contributed by atoms with Crippen LogP contribution in [0.4, 0.5) is 5.69 Å². The van der Waals surface area contributed by atoms with Crippen LogP contribution in [-0.2, 0) is 6.42 Å². The molecule has 0 fully saturated rings. The molecule has 7 nitrogen and oxygen atoms in total. The first-order valence-electron chi connectivity index (χ1n) is 9.52. The average Bonchev–Trinajstić information content (AvgIpc) is 3.42. The highest BCUT2D eigenvalue weighted by Crippen LogP contribution is 2.39. The molecule has 0 spiro atoms. The van der Waals surface area contributed by atoms with Crippen molar-refractivity contribution in [1.82, 2.24) is 15.2 Å². The molecule has 0 saturated carbocycles. The number of aromatic nitrogens is 3. The van der Waals surface area contributed by atoms with Crippen molar-refractivity contribution in [2.45, 2.75) is 25.3 Å². The van der Waals surface area contributed by atoms with E-state index in [1.807, 2.05) is 24.3 Å². The maximum absolute atomic E-state index is 9.37. The number of ether oxygens (including phenoxy) is 1. The number of hydrogen-bond acceptors (Lipinski definition) is 6. The molecule has 0 unspecified atom stereocenters. The number of H-pyrrole nitrogens is 1. The number of benzene rings is 2. The highest BCUT2D eigenvalue weighted by atomic mass is 16.5. The monoisotopic (exact) mass is 385 g/mol. The molecule has 7 heteroatoms. The van der Waals surface area contributed by atoms with Gasteiger partial charge in [-0.1, -0.05) is 6.07 Å². The molecule has 2 aromatic heterocycles. The van der Waals surface area contributed by atoms with E-state index >= 15 is 0 Å². The molecule has 0 bridgehead atoms. The molecule has 144 valence electrons. The Kier molecular flexibility index (Phi) is 4.17. The number of oxazole rings is 1. The first-order chi connectivity index (χ1) is 14.3. The highest BCUT2D eigenvalue weighted by Gasteiger charge is 2.25. The number of nitrogens with one attached hydrogen (secondary N) is 2. The van der Waals surface area contributed by atoms with Crippen LogP contribution in [0.5, 0.6) is 5.75 Å². The standard InChI is InChI=1S/C22H19N5O2/c1-28-22-13(10-23)5-7-15-16(22)3-2-4-18(15)25-14-6-8-19-17(9-14)21(27-26-19)20-11-24-12-29-20/h5-9,11-12,18,25H,2-4H2,1H3,(H,26,27)/t18-/m1/s1. The molecule has 1 aliphatic carbocycles. The Morgan fingerprint density at radius 3 is 3.03 bits per heavy atom. The Bertz CT molecular complexity index is 1220. The number of hydrogen-bond donors (Lipinski definition) is 2. The zero-order chi connectivity index (χ0) is 19.8. The van der Waals surface area contributed by atoms with Gasteiger partial charge in [0.05, 0.1) is 30.4 Å². The van der Waals surface area contributed by atoms with E-state index in [4.69, 9.17) is 9.15 Å². The van der Waals surface area contributed by atoms with E-state index in [0.29, 0.717) is 17.1 Å². The number of aromatic amines is 1. The van der Waals surface area contributed by atoms with E-state index in [2.05, 4.69) is 32.6 Å². The maximum atomic E-state index is 9.37. The lowest BCUT2D eigenvalue weighted by Gasteiger charge is -2.29.